The molecule has 2 bridgehead atoms. The highest BCUT2D eigenvalue weighted by molar-refractivity contribution is 5.52. The molecule has 0 radical (unpaired) electrons. The van der Waals surface area contributed by atoms with Crippen LogP contribution in [0.25, 0.3) is 0 Å². The largest absolute Gasteiger partial charge is 0.0683 e. The third-order valence-corrected chi connectivity index (χ3v) is 6.31. The monoisotopic (exact) mass is 320 g/mol. The van der Waals surface area contributed by atoms with Crippen molar-refractivity contribution in [2.24, 2.45) is 0 Å². The molecule has 0 spiro atoms. The second kappa shape index (κ2) is 6.75. The Hall–Kier alpha value is -1.56. The molecule has 2 atom stereocenters. The first-order valence-electron chi connectivity index (χ1n) is 9.80. The molecule has 2 aromatic rings. The van der Waals surface area contributed by atoms with E-state index < -0.39 is 0 Å². The van der Waals surface area contributed by atoms with Crippen LogP contribution < -0.4 is 0 Å². The Morgan fingerprint density at radius 2 is 1.33 bits per heavy atom. The Bertz CT molecular complexity index is 751. The number of fused-ring (bicyclic) bond motifs is 6. The van der Waals surface area contributed by atoms with Crippen molar-refractivity contribution >= 4 is 0 Å². The molecule has 128 valence electrons. The third kappa shape index (κ3) is 2.61. The quantitative estimate of drug-likeness (QED) is 0.557. The summed E-state index contributed by atoms with van der Waals surface area (Å²) >= 11 is 0. The van der Waals surface area contributed by atoms with Gasteiger partial charge in [-0.3, -0.25) is 0 Å². The Kier molecular flexibility index (Phi) is 4.85. The number of rotatable bonds is 1. The van der Waals surface area contributed by atoms with Crippen LogP contribution in [-0.2, 0) is 19.3 Å². The predicted molar refractivity (Wildman–Crippen MR) is 105 cm³/mol. The van der Waals surface area contributed by atoms with E-state index >= 15 is 0 Å². The van der Waals surface area contributed by atoms with Gasteiger partial charge >= 0.3 is 0 Å². The molecule has 0 aromatic heterocycles. The number of aryl methyl sites for hydroxylation is 2. The molecule has 0 heterocycles. The fourth-order valence-corrected chi connectivity index (χ4v) is 4.97. The van der Waals surface area contributed by atoms with Crippen molar-refractivity contribution in [2.75, 3.05) is 0 Å². The predicted octanol–water partition coefficient (Wildman–Crippen LogP) is 6.57. The third-order valence-electron chi connectivity index (χ3n) is 6.31. The zero-order valence-corrected chi connectivity index (χ0v) is 16.3. The summed E-state index contributed by atoms with van der Waals surface area (Å²) in [5.41, 5.74) is 12.8. The molecule has 0 N–H and O–H groups in total. The maximum atomic E-state index is 2.43. The summed E-state index contributed by atoms with van der Waals surface area (Å²) in [6.45, 7) is 13.2. The summed E-state index contributed by atoms with van der Waals surface area (Å²) in [7, 11) is 0. The Morgan fingerprint density at radius 3 is 1.96 bits per heavy atom. The molecule has 0 heteroatoms. The number of benzene rings is 2. The second-order valence-electron chi connectivity index (χ2n) is 7.40. The van der Waals surface area contributed by atoms with Gasteiger partial charge in [0.2, 0.25) is 0 Å². The standard InChI is InChI=1S/C22H26.C2H6/c1-5-18-14(3)7-9-20-16-10-17(12-22(18)20)19-8-6-13(2)15(4)21(19)11-16;1-2/h6-9,16-17H,5,10-12H2,1-4H3;1-2H3. The second-order valence-corrected chi connectivity index (χ2v) is 7.40. The molecule has 4 rings (SSSR count). The molecule has 0 nitrogen and oxygen atoms in total. The minimum absolute atomic E-state index is 0.743. The first-order chi connectivity index (χ1) is 11.6. The van der Waals surface area contributed by atoms with Gasteiger partial charge < -0.3 is 0 Å². The zero-order chi connectivity index (χ0) is 17.4. The summed E-state index contributed by atoms with van der Waals surface area (Å²) < 4.78 is 0. The minimum Gasteiger partial charge on any atom is -0.0683 e. The molecule has 2 aliphatic carbocycles. The van der Waals surface area contributed by atoms with Gasteiger partial charge in [0.15, 0.2) is 0 Å². The minimum atomic E-state index is 0.743. The van der Waals surface area contributed by atoms with Gasteiger partial charge in [0, 0.05) is 0 Å². The molecule has 0 saturated heterocycles. The Morgan fingerprint density at radius 1 is 0.792 bits per heavy atom. The van der Waals surface area contributed by atoms with Crippen LogP contribution in [0, 0.1) is 20.8 Å². The number of hydrogen-bond acceptors (Lipinski definition) is 0. The first-order valence-corrected chi connectivity index (χ1v) is 9.80. The lowest BCUT2D eigenvalue weighted by atomic mass is 9.64. The summed E-state index contributed by atoms with van der Waals surface area (Å²) in [5, 5.41) is 0. The fraction of sp³-hybridized carbons (Fsp3) is 0.500. The van der Waals surface area contributed by atoms with Crippen LogP contribution >= 0.6 is 0 Å². The molecule has 24 heavy (non-hydrogen) atoms. The van der Waals surface area contributed by atoms with Gasteiger partial charge in [0.25, 0.3) is 0 Å². The molecular formula is C24H32. The average molecular weight is 321 g/mol. The average Bonchev–Trinajstić information content (AvgIpc) is 2.60. The van der Waals surface area contributed by atoms with Crippen molar-refractivity contribution in [3.05, 3.63) is 68.8 Å². The highest BCUT2D eigenvalue weighted by atomic mass is 14.4. The van der Waals surface area contributed by atoms with E-state index in [-0.39, 0.29) is 0 Å². The van der Waals surface area contributed by atoms with Gasteiger partial charge in [-0.1, -0.05) is 45.0 Å². The topological polar surface area (TPSA) is 0 Å². The van der Waals surface area contributed by atoms with Gasteiger partial charge in [0.1, 0.15) is 0 Å². The first kappa shape index (κ1) is 17.3. The molecule has 2 aliphatic rings. The number of hydrogen-bond donors (Lipinski definition) is 0. The van der Waals surface area contributed by atoms with Crippen molar-refractivity contribution in [3.8, 4) is 0 Å². The molecule has 0 fully saturated rings. The van der Waals surface area contributed by atoms with Crippen LogP contribution in [0.5, 0.6) is 0 Å². The molecule has 0 aliphatic heterocycles. The summed E-state index contributed by atoms with van der Waals surface area (Å²) in [6.07, 6.45) is 5.04. The van der Waals surface area contributed by atoms with E-state index in [1.807, 2.05) is 13.8 Å². The summed E-state index contributed by atoms with van der Waals surface area (Å²) in [5.74, 6) is 1.49. The maximum Gasteiger partial charge on any atom is -0.0113 e. The molecular weight excluding hydrogens is 288 g/mol. The van der Waals surface area contributed by atoms with E-state index in [0.717, 1.165) is 11.8 Å². The van der Waals surface area contributed by atoms with E-state index in [2.05, 4.69) is 52.0 Å². The molecule has 0 amide bonds. The van der Waals surface area contributed by atoms with Crippen molar-refractivity contribution < 1.29 is 0 Å². The Balaban J connectivity index is 0.000000815. The van der Waals surface area contributed by atoms with Crippen LogP contribution in [0.15, 0.2) is 24.3 Å². The van der Waals surface area contributed by atoms with E-state index in [0.29, 0.717) is 0 Å². The summed E-state index contributed by atoms with van der Waals surface area (Å²) in [6, 6.07) is 9.55. The van der Waals surface area contributed by atoms with Gasteiger partial charge in [-0.2, -0.15) is 0 Å². The lowest BCUT2D eigenvalue weighted by Gasteiger charge is -2.40. The van der Waals surface area contributed by atoms with Gasteiger partial charge in [-0.25, -0.2) is 0 Å². The van der Waals surface area contributed by atoms with Crippen LogP contribution in [0.4, 0.5) is 0 Å². The van der Waals surface area contributed by atoms with Crippen molar-refractivity contribution in [1.82, 2.24) is 0 Å². The zero-order valence-electron chi connectivity index (χ0n) is 16.3. The molecule has 0 saturated carbocycles. The molecule has 2 unspecified atom stereocenters. The van der Waals surface area contributed by atoms with Gasteiger partial charge in [-0.05, 0) is 103 Å². The Labute approximate surface area is 148 Å². The lowest BCUT2D eigenvalue weighted by Crippen LogP contribution is -2.27. The summed E-state index contributed by atoms with van der Waals surface area (Å²) in [4.78, 5) is 0. The molecule has 2 aromatic carbocycles. The van der Waals surface area contributed by atoms with E-state index in [4.69, 9.17) is 0 Å². The fourth-order valence-electron chi connectivity index (χ4n) is 4.97. The van der Waals surface area contributed by atoms with Crippen LogP contribution in [0.1, 0.15) is 83.5 Å². The smallest absolute Gasteiger partial charge is 0.0113 e. The van der Waals surface area contributed by atoms with Crippen LogP contribution in [-0.4, -0.2) is 0 Å². The van der Waals surface area contributed by atoms with Gasteiger partial charge in [-0.15, -0.1) is 0 Å². The van der Waals surface area contributed by atoms with E-state index in [1.54, 1.807) is 33.4 Å². The van der Waals surface area contributed by atoms with E-state index in [1.165, 1.54) is 36.8 Å². The normalized spacial score (nSPS) is 20.6. The highest BCUT2D eigenvalue weighted by Crippen LogP contribution is 2.49. The van der Waals surface area contributed by atoms with Crippen LogP contribution in [0.2, 0.25) is 0 Å². The van der Waals surface area contributed by atoms with Crippen molar-refractivity contribution in [1.29, 1.82) is 0 Å². The van der Waals surface area contributed by atoms with Gasteiger partial charge in [0.05, 0.1) is 0 Å². The van der Waals surface area contributed by atoms with Crippen molar-refractivity contribution in [3.63, 3.8) is 0 Å². The van der Waals surface area contributed by atoms with Crippen LogP contribution in [0.3, 0.4) is 0 Å². The SMILES string of the molecule is CC.CCc1c(C)ccc2c1CC1CC2Cc2c1ccc(C)c2C. The lowest BCUT2D eigenvalue weighted by molar-refractivity contribution is 0.454. The van der Waals surface area contributed by atoms with Crippen molar-refractivity contribution in [2.45, 2.75) is 79.1 Å². The van der Waals surface area contributed by atoms with E-state index in [9.17, 15) is 0 Å². The highest BCUT2D eigenvalue weighted by Gasteiger charge is 2.35. The maximum absolute atomic E-state index is 2.43.